The van der Waals surface area contributed by atoms with Gasteiger partial charge in [-0.2, -0.15) is 4.18 Å². The number of aromatic nitrogens is 2. The number of alkyl halides is 3. The minimum atomic E-state index is -5.66. The van der Waals surface area contributed by atoms with Crippen LogP contribution in [0.3, 0.4) is 0 Å². The Morgan fingerprint density at radius 3 is 1.81 bits per heavy atom. The summed E-state index contributed by atoms with van der Waals surface area (Å²) >= 11 is 0. The van der Waals surface area contributed by atoms with E-state index in [4.69, 9.17) is 13.0 Å². The van der Waals surface area contributed by atoms with E-state index in [0.29, 0.717) is 0 Å². The molecule has 0 unspecified atom stereocenters. The fourth-order valence-electron chi connectivity index (χ4n) is 2.53. The van der Waals surface area contributed by atoms with Crippen LogP contribution in [0.15, 0.2) is 18.7 Å². The molecule has 0 saturated heterocycles. The highest BCUT2D eigenvalue weighted by Gasteiger charge is 2.32. The zero-order valence-corrected chi connectivity index (χ0v) is 16.9. The smallest absolute Gasteiger partial charge is 0.536 e. The van der Waals surface area contributed by atoms with E-state index in [2.05, 4.69) is 41.8 Å². The summed E-state index contributed by atoms with van der Waals surface area (Å²) in [6, 6.07) is 0. The van der Waals surface area contributed by atoms with Crippen molar-refractivity contribution in [1.82, 2.24) is 4.57 Å². The van der Waals surface area contributed by atoms with Gasteiger partial charge in [-0.1, -0.05) is 58.3 Å². The molecule has 1 heterocycles. The van der Waals surface area contributed by atoms with Crippen molar-refractivity contribution in [1.29, 1.82) is 0 Å². The molecule has 0 amide bonds. The Morgan fingerprint density at radius 1 is 1.00 bits per heavy atom. The van der Waals surface area contributed by atoms with Gasteiger partial charge in [0.25, 0.3) is 0 Å². The molecule has 1 rings (SSSR count). The number of hydrogen-bond acceptors (Lipinski definition) is 4. The molecule has 0 aliphatic heterocycles. The molecule has 0 spiro atoms. The van der Waals surface area contributed by atoms with Crippen molar-refractivity contribution in [2.45, 2.75) is 84.0 Å². The molecule has 0 atom stereocenters. The summed E-state index contributed by atoms with van der Waals surface area (Å²) in [5, 5.41) is 0. The lowest BCUT2D eigenvalue weighted by molar-refractivity contribution is -0.696. The third kappa shape index (κ3) is 19.4. The first-order valence-corrected chi connectivity index (χ1v) is 10.6. The maximum absolute atomic E-state index is 10.8. The van der Waals surface area contributed by atoms with E-state index in [1.807, 2.05) is 4.18 Å². The van der Waals surface area contributed by atoms with Gasteiger partial charge in [0.15, 0.2) is 0 Å². The summed E-state index contributed by atoms with van der Waals surface area (Å²) in [5.74, 6) is 0. The van der Waals surface area contributed by atoms with Gasteiger partial charge in [0.05, 0.1) is 13.6 Å². The highest BCUT2D eigenvalue weighted by atomic mass is 32.3. The molecule has 160 valence electrons. The van der Waals surface area contributed by atoms with Crippen LogP contribution in [0.25, 0.3) is 0 Å². The molecular formula is C17H31F3N2O4S. The average Bonchev–Trinajstić information content (AvgIpc) is 2.91. The Labute approximate surface area is 160 Å². The second kappa shape index (κ2) is 14.0. The van der Waals surface area contributed by atoms with Crippen LogP contribution in [0.5, 0.6) is 0 Å². The Hall–Kier alpha value is -1.13. The molecule has 0 fully saturated rings. The van der Waals surface area contributed by atoms with Crippen molar-refractivity contribution in [2.75, 3.05) is 0 Å². The average molecular weight is 417 g/mol. The van der Waals surface area contributed by atoms with Gasteiger partial charge in [-0.3, -0.25) is 0 Å². The van der Waals surface area contributed by atoms with E-state index >= 15 is 0 Å². The number of unbranched alkanes of at least 4 members (excludes halogenated alkanes) is 9. The lowest BCUT2D eigenvalue weighted by atomic mass is 10.1. The number of hydrogen-bond donors (Lipinski definition) is 0. The van der Waals surface area contributed by atoms with Crippen molar-refractivity contribution >= 4 is 10.4 Å². The normalized spacial score (nSPS) is 11.9. The molecule has 10 heteroatoms. The van der Waals surface area contributed by atoms with Crippen LogP contribution >= 0.6 is 0 Å². The number of nitrogens with zero attached hydrogens (tertiary/aromatic N) is 2. The highest BCUT2D eigenvalue weighted by Crippen LogP contribution is 2.18. The van der Waals surface area contributed by atoms with Crippen LogP contribution in [-0.2, 0) is 28.2 Å². The molecule has 27 heavy (non-hydrogen) atoms. The predicted molar refractivity (Wildman–Crippen MR) is 94.3 cm³/mol. The minimum absolute atomic E-state index is 1.18. The minimum Gasteiger partial charge on any atom is -0.725 e. The lowest BCUT2D eigenvalue weighted by Gasteiger charge is -2.08. The maximum Gasteiger partial charge on any atom is 0.536 e. The van der Waals surface area contributed by atoms with Crippen LogP contribution < -0.4 is 4.57 Å². The third-order valence-corrected chi connectivity index (χ3v) is 4.18. The van der Waals surface area contributed by atoms with Crippen LogP contribution in [0.1, 0.15) is 71.1 Å². The van der Waals surface area contributed by atoms with Gasteiger partial charge in [-0.25, -0.2) is 17.6 Å². The summed E-state index contributed by atoms with van der Waals surface area (Å²) in [5.41, 5.74) is 0. The topological polar surface area (TPSA) is 75.2 Å². The predicted octanol–water partition coefficient (Wildman–Crippen LogP) is 4.22. The fourth-order valence-corrected chi connectivity index (χ4v) is 2.76. The first-order valence-electron chi connectivity index (χ1n) is 9.27. The summed E-state index contributed by atoms with van der Waals surface area (Å²) in [7, 11) is -3.58. The van der Waals surface area contributed by atoms with Crippen molar-refractivity contribution in [3.8, 4) is 0 Å². The van der Waals surface area contributed by atoms with E-state index in [1.165, 1.54) is 70.8 Å². The van der Waals surface area contributed by atoms with Crippen molar-refractivity contribution in [3.05, 3.63) is 18.7 Å². The molecule has 0 bridgehead atoms. The van der Waals surface area contributed by atoms with Crippen molar-refractivity contribution < 1.29 is 34.9 Å². The summed E-state index contributed by atoms with van der Waals surface area (Å²) < 4.78 is 66.1. The van der Waals surface area contributed by atoms with Crippen LogP contribution in [0.2, 0.25) is 0 Å². The molecule has 0 N–H and O–H groups in total. The first-order chi connectivity index (χ1) is 12.5. The number of halogens is 3. The second-order valence-corrected chi connectivity index (χ2v) is 7.42. The maximum atomic E-state index is 10.8. The number of aryl methyl sites for hydroxylation is 2. The monoisotopic (exact) mass is 416 g/mol. The van der Waals surface area contributed by atoms with Crippen molar-refractivity contribution in [2.24, 2.45) is 7.05 Å². The van der Waals surface area contributed by atoms with Gasteiger partial charge >= 0.3 is 6.36 Å². The van der Waals surface area contributed by atoms with Crippen LogP contribution in [0, 0.1) is 0 Å². The van der Waals surface area contributed by atoms with Gasteiger partial charge in [0.2, 0.25) is 16.7 Å². The summed E-state index contributed by atoms with van der Waals surface area (Å²) in [6.07, 6.45) is 15.2. The van der Waals surface area contributed by atoms with Gasteiger partial charge in [-0.15, -0.1) is 13.2 Å². The number of imidazole rings is 1. The number of rotatable bonds is 12. The standard InChI is InChI=1S/C16H31N2.CHF3O4S/c1-3-4-5-6-7-8-9-10-11-12-13-18-15-14-17(2)16-18;2-1(3,4)8-9(5,6)7/h14-16H,3-13H2,1-2H3;(H,5,6,7)/q+1;/p-1. The van der Waals surface area contributed by atoms with Gasteiger partial charge in [0.1, 0.15) is 12.4 Å². The molecule has 1 aromatic rings. The highest BCUT2D eigenvalue weighted by molar-refractivity contribution is 7.80. The quantitative estimate of drug-likeness (QED) is 0.221. The largest absolute Gasteiger partial charge is 0.725 e. The van der Waals surface area contributed by atoms with Crippen LogP contribution in [0.4, 0.5) is 13.2 Å². The molecule has 0 aliphatic rings. The molecule has 6 nitrogen and oxygen atoms in total. The van der Waals surface area contributed by atoms with E-state index in [1.54, 1.807) is 0 Å². The van der Waals surface area contributed by atoms with Gasteiger partial charge < -0.3 is 4.55 Å². The van der Waals surface area contributed by atoms with E-state index < -0.39 is 16.8 Å². The Balaban J connectivity index is 0.000000636. The molecule has 1 aromatic heterocycles. The Morgan fingerprint density at radius 2 is 1.48 bits per heavy atom. The van der Waals surface area contributed by atoms with Gasteiger partial charge in [0, 0.05) is 0 Å². The zero-order valence-electron chi connectivity index (χ0n) is 16.1. The zero-order chi connectivity index (χ0) is 20.8. The third-order valence-electron chi connectivity index (χ3n) is 3.79. The fraction of sp³-hybridized carbons (Fsp3) is 0.824. The summed E-state index contributed by atoms with van der Waals surface area (Å²) in [6.45, 7) is 3.46. The SMILES string of the molecule is CCCCCCCCCCCC[n+]1ccn(C)c1.O=S(=O)([O-])OC(F)(F)F. The molecule has 0 radical (unpaired) electrons. The van der Waals surface area contributed by atoms with Gasteiger partial charge in [-0.05, 0) is 12.8 Å². The molecule has 0 saturated carbocycles. The Kier molecular flexibility index (Phi) is 13.4. The molecule has 0 aromatic carbocycles. The van der Waals surface area contributed by atoms with Crippen molar-refractivity contribution in [3.63, 3.8) is 0 Å². The summed E-state index contributed by atoms with van der Waals surface area (Å²) in [4.78, 5) is 0. The molecular weight excluding hydrogens is 385 g/mol. The second-order valence-electron chi connectivity index (χ2n) is 6.44. The van der Waals surface area contributed by atoms with E-state index in [-0.39, 0.29) is 0 Å². The molecule has 0 aliphatic carbocycles. The first kappa shape index (κ1) is 25.9. The van der Waals surface area contributed by atoms with E-state index in [0.717, 1.165) is 0 Å². The lowest BCUT2D eigenvalue weighted by Crippen LogP contribution is -2.30. The Bertz CT molecular complexity index is 589. The van der Waals surface area contributed by atoms with E-state index in [9.17, 15) is 13.2 Å². The van der Waals surface area contributed by atoms with Crippen LogP contribution in [-0.4, -0.2) is 23.9 Å².